The summed E-state index contributed by atoms with van der Waals surface area (Å²) < 4.78 is 0. The van der Waals surface area contributed by atoms with Crippen LogP contribution in [0.4, 0.5) is 0 Å². The van der Waals surface area contributed by atoms with E-state index in [0.29, 0.717) is 51.0 Å². The second-order valence-electron chi connectivity index (χ2n) is 11.8. The van der Waals surface area contributed by atoms with Crippen molar-refractivity contribution >= 4 is 29.6 Å². The standard InChI is InChI=1S/C29H47N9O4/c30-11-5-4-9-21(24(32)39)36-27(42)23(17-29-14-19(15-29)16-29)38-26(41)22(10-6-12-35-28(33)34)37-25(40)20(31)13-18-7-2-1-3-8-18/h1-3,7-8,19-23H,4-6,9-17,30-31H2,(H2,32,39)(H,36,42)(H,37,40)(H,38,41)(H4,33,34,35). The van der Waals surface area contributed by atoms with E-state index in [-0.39, 0.29) is 24.3 Å². The molecule has 0 spiro atoms. The van der Waals surface area contributed by atoms with Crippen molar-refractivity contribution in [3.8, 4) is 0 Å². The number of carbonyl (C=O) groups excluding carboxylic acids is 4. The number of primary amides is 1. The minimum absolute atomic E-state index is 0.00583. The fourth-order valence-electron chi connectivity index (χ4n) is 5.88. The molecular formula is C29H47N9O4. The lowest BCUT2D eigenvalue weighted by Crippen LogP contribution is -2.61. The maximum Gasteiger partial charge on any atom is 0.243 e. The van der Waals surface area contributed by atoms with E-state index in [2.05, 4.69) is 20.9 Å². The van der Waals surface area contributed by atoms with Crippen molar-refractivity contribution in [3.05, 3.63) is 35.9 Å². The van der Waals surface area contributed by atoms with Crippen LogP contribution in [0.1, 0.15) is 63.4 Å². The van der Waals surface area contributed by atoms with Gasteiger partial charge < -0.3 is 44.6 Å². The zero-order valence-corrected chi connectivity index (χ0v) is 24.2. The molecule has 0 aromatic heterocycles. The third-order valence-corrected chi connectivity index (χ3v) is 8.26. The van der Waals surface area contributed by atoms with Gasteiger partial charge in [0.05, 0.1) is 6.04 Å². The van der Waals surface area contributed by atoms with E-state index in [1.165, 1.54) is 0 Å². The predicted molar refractivity (Wildman–Crippen MR) is 160 cm³/mol. The second kappa shape index (κ2) is 15.5. The van der Waals surface area contributed by atoms with Gasteiger partial charge in [-0.1, -0.05) is 30.3 Å². The fraction of sp³-hybridized carbons (Fsp3) is 0.621. The number of rotatable bonds is 19. The average Bonchev–Trinajstić information content (AvgIpc) is 2.90. The molecule has 3 saturated carbocycles. The minimum Gasteiger partial charge on any atom is -0.370 e. The van der Waals surface area contributed by atoms with Gasteiger partial charge in [-0.2, -0.15) is 0 Å². The van der Waals surface area contributed by atoms with Crippen molar-refractivity contribution in [2.24, 2.45) is 45.0 Å². The van der Waals surface area contributed by atoms with E-state index < -0.39 is 47.8 Å². The van der Waals surface area contributed by atoms with Crippen molar-refractivity contribution < 1.29 is 19.2 Å². The molecule has 2 bridgehead atoms. The largest absolute Gasteiger partial charge is 0.370 e. The highest BCUT2D eigenvalue weighted by Gasteiger charge is 2.57. The lowest BCUT2D eigenvalue weighted by atomic mass is 9.43. The molecule has 13 N–H and O–H groups in total. The summed E-state index contributed by atoms with van der Waals surface area (Å²) in [6.07, 6.45) is 6.06. The van der Waals surface area contributed by atoms with Gasteiger partial charge in [-0.3, -0.25) is 24.2 Å². The van der Waals surface area contributed by atoms with Crippen LogP contribution < -0.4 is 44.6 Å². The number of nitrogens with one attached hydrogen (secondary N) is 3. The summed E-state index contributed by atoms with van der Waals surface area (Å²) in [4.78, 5) is 56.1. The molecule has 4 atom stereocenters. The van der Waals surface area contributed by atoms with Gasteiger partial charge in [-0.15, -0.1) is 0 Å². The number of hydrogen-bond acceptors (Lipinski definition) is 7. The quantitative estimate of drug-likeness (QED) is 0.0559. The Morgan fingerprint density at radius 1 is 0.833 bits per heavy atom. The molecular weight excluding hydrogens is 538 g/mol. The Labute approximate surface area is 247 Å². The molecule has 1 aromatic carbocycles. The number of nitrogens with zero attached hydrogens (tertiary/aromatic N) is 1. The van der Waals surface area contributed by atoms with E-state index in [9.17, 15) is 19.2 Å². The normalized spacial score (nSPS) is 21.3. The molecule has 13 nitrogen and oxygen atoms in total. The van der Waals surface area contributed by atoms with Gasteiger partial charge >= 0.3 is 0 Å². The van der Waals surface area contributed by atoms with E-state index in [1.807, 2.05) is 30.3 Å². The van der Waals surface area contributed by atoms with Gasteiger partial charge in [0.25, 0.3) is 0 Å². The number of carbonyl (C=O) groups is 4. The van der Waals surface area contributed by atoms with Crippen LogP contribution in [0.5, 0.6) is 0 Å². The third kappa shape index (κ3) is 9.69. The topological polar surface area (TPSA) is 247 Å². The number of aliphatic imine (C=N–C) groups is 1. The Hall–Kier alpha value is -3.71. The fourth-order valence-corrected chi connectivity index (χ4v) is 5.88. The van der Waals surface area contributed by atoms with Crippen molar-refractivity contribution in [1.82, 2.24) is 16.0 Å². The zero-order chi connectivity index (χ0) is 30.7. The first-order valence-electron chi connectivity index (χ1n) is 14.8. The SMILES string of the molecule is NCCCCC(NC(=O)C(CC12CC(C1)C2)NC(=O)C(CCCN=C(N)N)NC(=O)C(N)Cc1ccccc1)C(N)=O. The van der Waals surface area contributed by atoms with Gasteiger partial charge in [0.2, 0.25) is 23.6 Å². The molecule has 4 rings (SSSR count). The highest BCUT2D eigenvalue weighted by Crippen LogP contribution is 2.66. The van der Waals surface area contributed by atoms with Gasteiger partial charge in [0.1, 0.15) is 18.1 Å². The first-order valence-corrected chi connectivity index (χ1v) is 14.8. The minimum atomic E-state index is -0.978. The van der Waals surface area contributed by atoms with E-state index in [1.54, 1.807) is 0 Å². The Balaban J connectivity index is 1.70. The number of guanidine groups is 1. The first-order chi connectivity index (χ1) is 20.0. The van der Waals surface area contributed by atoms with E-state index >= 15 is 0 Å². The van der Waals surface area contributed by atoms with Gasteiger partial charge in [-0.25, -0.2) is 0 Å². The Morgan fingerprint density at radius 2 is 1.43 bits per heavy atom. The maximum absolute atomic E-state index is 13.6. The second-order valence-corrected chi connectivity index (χ2v) is 11.8. The maximum atomic E-state index is 13.6. The number of unbranched alkanes of at least 4 members (excludes halogenated alkanes) is 1. The summed E-state index contributed by atoms with van der Waals surface area (Å²) in [5.41, 5.74) is 29.0. The summed E-state index contributed by atoms with van der Waals surface area (Å²) in [5, 5.41) is 8.35. The Kier molecular flexibility index (Phi) is 12.1. The summed E-state index contributed by atoms with van der Waals surface area (Å²) in [6.45, 7) is 0.725. The number of amides is 4. The summed E-state index contributed by atoms with van der Waals surface area (Å²) in [6, 6.07) is 5.70. The van der Waals surface area contributed by atoms with Crippen molar-refractivity contribution in [2.75, 3.05) is 13.1 Å². The summed E-state index contributed by atoms with van der Waals surface area (Å²) >= 11 is 0. The Bertz CT molecular complexity index is 1090. The highest BCUT2D eigenvalue weighted by molar-refractivity contribution is 5.94. The van der Waals surface area contributed by atoms with Gasteiger partial charge in [-0.05, 0) is 87.6 Å². The Morgan fingerprint density at radius 3 is 2.00 bits per heavy atom. The highest BCUT2D eigenvalue weighted by atomic mass is 16.2. The van der Waals surface area contributed by atoms with Crippen LogP contribution in [0.15, 0.2) is 35.3 Å². The van der Waals surface area contributed by atoms with Crippen LogP contribution in [0.25, 0.3) is 0 Å². The molecule has 3 aliphatic carbocycles. The number of hydrogen-bond donors (Lipinski definition) is 8. The molecule has 0 radical (unpaired) electrons. The van der Waals surface area contributed by atoms with E-state index in [4.69, 9.17) is 28.7 Å². The lowest BCUT2D eigenvalue weighted by Gasteiger charge is -2.63. The average molecular weight is 586 g/mol. The molecule has 0 heterocycles. The van der Waals surface area contributed by atoms with Crippen LogP contribution >= 0.6 is 0 Å². The lowest BCUT2D eigenvalue weighted by molar-refractivity contribution is -0.143. The van der Waals surface area contributed by atoms with E-state index in [0.717, 1.165) is 24.8 Å². The van der Waals surface area contributed by atoms with Crippen LogP contribution in [0.2, 0.25) is 0 Å². The molecule has 42 heavy (non-hydrogen) atoms. The first kappa shape index (κ1) is 32.8. The molecule has 0 aliphatic heterocycles. The van der Waals surface area contributed by atoms with Gasteiger partial charge in [0.15, 0.2) is 5.96 Å². The molecule has 13 heteroatoms. The molecule has 3 fully saturated rings. The van der Waals surface area contributed by atoms with Crippen LogP contribution in [0.3, 0.4) is 0 Å². The van der Waals surface area contributed by atoms with Crippen LogP contribution in [-0.4, -0.2) is 66.8 Å². The zero-order valence-electron chi connectivity index (χ0n) is 24.2. The van der Waals surface area contributed by atoms with Crippen LogP contribution in [0, 0.1) is 11.3 Å². The van der Waals surface area contributed by atoms with Crippen molar-refractivity contribution in [1.29, 1.82) is 0 Å². The summed E-state index contributed by atoms with van der Waals surface area (Å²) in [5.74, 6) is -1.53. The molecule has 4 amide bonds. The summed E-state index contributed by atoms with van der Waals surface area (Å²) in [7, 11) is 0. The molecule has 3 aliphatic rings. The smallest absolute Gasteiger partial charge is 0.243 e. The van der Waals surface area contributed by atoms with Crippen LogP contribution in [-0.2, 0) is 25.6 Å². The molecule has 232 valence electrons. The molecule has 1 aromatic rings. The molecule has 0 saturated heterocycles. The monoisotopic (exact) mass is 585 g/mol. The third-order valence-electron chi connectivity index (χ3n) is 8.26. The van der Waals surface area contributed by atoms with Crippen molar-refractivity contribution in [2.45, 2.75) is 88.4 Å². The number of benzene rings is 1. The van der Waals surface area contributed by atoms with Gasteiger partial charge in [0, 0.05) is 6.54 Å². The van der Waals surface area contributed by atoms with Crippen molar-refractivity contribution in [3.63, 3.8) is 0 Å². The predicted octanol–water partition coefficient (Wildman–Crippen LogP) is -1.13. The molecule has 4 unspecified atom stereocenters. The number of nitrogens with two attached hydrogens (primary N) is 5.